The van der Waals surface area contributed by atoms with Crippen LogP contribution in [0.15, 0.2) is 37.1 Å². The van der Waals surface area contributed by atoms with Gasteiger partial charge in [-0.15, -0.1) is 0 Å². The third-order valence-corrected chi connectivity index (χ3v) is 4.26. The van der Waals surface area contributed by atoms with Crippen LogP contribution in [-0.4, -0.2) is 62.3 Å². The van der Waals surface area contributed by atoms with Crippen molar-refractivity contribution in [1.82, 2.24) is 24.3 Å². The Bertz CT molecular complexity index is 739. The Balaban J connectivity index is 1.62. The molecule has 2 aromatic heterocycles. The van der Waals surface area contributed by atoms with Crippen LogP contribution in [0.3, 0.4) is 0 Å². The average molecular weight is 341 g/mol. The highest BCUT2D eigenvalue weighted by Gasteiger charge is 2.31. The van der Waals surface area contributed by atoms with Crippen LogP contribution >= 0.6 is 0 Å². The Morgan fingerprint density at radius 3 is 2.24 bits per heavy atom. The van der Waals surface area contributed by atoms with Gasteiger partial charge in [0, 0.05) is 50.2 Å². The van der Waals surface area contributed by atoms with Crippen molar-refractivity contribution in [3.8, 4) is 5.82 Å². The zero-order valence-corrected chi connectivity index (χ0v) is 14.8. The Labute approximate surface area is 147 Å². The van der Waals surface area contributed by atoms with Crippen molar-refractivity contribution in [3.63, 3.8) is 0 Å². The summed E-state index contributed by atoms with van der Waals surface area (Å²) in [5.74, 6) is 0.799. The zero-order chi connectivity index (χ0) is 18.0. The molecule has 7 heteroatoms. The standard InChI is InChI=1S/C18H23N5O2/c1-18(2,3)17(25)22-10-8-21(9-11-22)16(24)14-4-5-15(20-12-14)23-7-6-19-13-23/h4-7,12-13H,8-11H2,1-3H3. The Morgan fingerprint density at radius 1 is 1.04 bits per heavy atom. The number of rotatable bonds is 2. The summed E-state index contributed by atoms with van der Waals surface area (Å²) in [6.45, 7) is 7.99. The Morgan fingerprint density at radius 2 is 1.72 bits per heavy atom. The van der Waals surface area contributed by atoms with E-state index in [9.17, 15) is 9.59 Å². The molecule has 0 radical (unpaired) electrons. The highest BCUT2D eigenvalue weighted by Crippen LogP contribution is 2.19. The van der Waals surface area contributed by atoms with Gasteiger partial charge in [0.15, 0.2) is 0 Å². The van der Waals surface area contributed by atoms with E-state index in [2.05, 4.69) is 9.97 Å². The fourth-order valence-electron chi connectivity index (χ4n) is 2.83. The van der Waals surface area contributed by atoms with Crippen molar-refractivity contribution in [2.75, 3.05) is 26.2 Å². The van der Waals surface area contributed by atoms with E-state index in [4.69, 9.17) is 0 Å². The summed E-state index contributed by atoms with van der Waals surface area (Å²) < 4.78 is 1.78. The normalized spacial score (nSPS) is 15.3. The minimum Gasteiger partial charge on any atom is -0.339 e. The number of amides is 2. The van der Waals surface area contributed by atoms with Crippen LogP contribution in [0.1, 0.15) is 31.1 Å². The lowest BCUT2D eigenvalue weighted by Crippen LogP contribution is -2.53. The van der Waals surface area contributed by atoms with Crippen LogP contribution in [0.25, 0.3) is 5.82 Å². The van der Waals surface area contributed by atoms with Crippen LogP contribution in [0.4, 0.5) is 0 Å². The number of pyridine rings is 1. The molecule has 0 aromatic carbocycles. The summed E-state index contributed by atoms with van der Waals surface area (Å²) in [5, 5.41) is 0. The van der Waals surface area contributed by atoms with E-state index in [1.807, 2.05) is 25.7 Å². The van der Waals surface area contributed by atoms with Crippen molar-refractivity contribution in [2.45, 2.75) is 20.8 Å². The lowest BCUT2D eigenvalue weighted by molar-refractivity contribution is -0.140. The van der Waals surface area contributed by atoms with Gasteiger partial charge in [-0.2, -0.15) is 0 Å². The number of imidazole rings is 1. The van der Waals surface area contributed by atoms with Gasteiger partial charge in [0.25, 0.3) is 5.91 Å². The molecule has 0 aliphatic carbocycles. The fourth-order valence-corrected chi connectivity index (χ4v) is 2.83. The third-order valence-electron chi connectivity index (χ3n) is 4.26. The molecule has 1 aliphatic rings. The van der Waals surface area contributed by atoms with Gasteiger partial charge in [0.1, 0.15) is 12.1 Å². The number of piperazine rings is 1. The smallest absolute Gasteiger partial charge is 0.255 e. The minimum atomic E-state index is -0.390. The molecule has 0 N–H and O–H groups in total. The number of carbonyl (C=O) groups is 2. The van der Waals surface area contributed by atoms with Crippen molar-refractivity contribution in [2.24, 2.45) is 5.41 Å². The number of aromatic nitrogens is 3. The second-order valence-electron chi connectivity index (χ2n) is 7.21. The maximum atomic E-state index is 12.6. The lowest BCUT2D eigenvalue weighted by Gasteiger charge is -2.37. The van der Waals surface area contributed by atoms with Gasteiger partial charge in [-0.3, -0.25) is 14.2 Å². The molecule has 2 amide bonds. The maximum Gasteiger partial charge on any atom is 0.255 e. The van der Waals surface area contributed by atoms with Gasteiger partial charge < -0.3 is 9.80 Å². The van der Waals surface area contributed by atoms with E-state index in [0.29, 0.717) is 31.7 Å². The van der Waals surface area contributed by atoms with E-state index in [-0.39, 0.29) is 17.2 Å². The first kappa shape index (κ1) is 17.1. The van der Waals surface area contributed by atoms with Gasteiger partial charge in [-0.25, -0.2) is 9.97 Å². The maximum absolute atomic E-state index is 12.6. The van der Waals surface area contributed by atoms with Crippen molar-refractivity contribution >= 4 is 11.8 Å². The molecule has 0 saturated carbocycles. The molecule has 25 heavy (non-hydrogen) atoms. The van der Waals surface area contributed by atoms with Gasteiger partial charge in [0.05, 0.1) is 5.56 Å². The number of nitrogens with zero attached hydrogens (tertiary/aromatic N) is 5. The van der Waals surface area contributed by atoms with E-state index in [0.717, 1.165) is 5.82 Å². The summed E-state index contributed by atoms with van der Waals surface area (Å²) in [6, 6.07) is 3.58. The van der Waals surface area contributed by atoms with E-state index in [1.54, 1.807) is 46.5 Å². The van der Waals surface area contributed by atoms with Crippen LogP contribution in [0.5, 0.6) is 0 Å². The summed E-state index contributed by atoms with van der Waals surface area (Å²) in [5.41, 5.74) is 0.165. The molecular formula is C18H23N5O2. The van der Waals surface area contributed by atoms with Gasteiger partial charge in [0.2, 0.25) is 5.91 Å². The quantitative estimate of drug-likeness (QED) is 0.832. The van der Waals surface area contributed by atoms with Gasteiger partial charge in [-0.1, -0.05) is 20.8 Å². The summed E-state index contributed by atoms with van der Waals surface area (Å²) in [7, 11) is 0. The molecule has 1 aliphatic heterocycles. The van der Waals surface area contributed by atoms with Crippen molar-refractivity contribution in [1.29, 1.82) is 0 Å². The molecule has 7 nitrogen and oxygen atoms in total. The molecule has 1 saturated heterocycles. The lowest BCUT2D eigenvalue weighted by atomic mass is 9.94. The van der Waals surface area contributed by atoms with Crippen LogP contribution in [0.2, 0.25) is 0 Å². The first-order valence-electron chi connectivity index (χ1n) is 8.39. The zero-order valence-electron chi connectivity index (χ0n) is 14.8. The van der Waals surface area contributed by atoms with E-state index >= 15 is 0 Å². The van der Waals surface area contributed by atoms with Crippen molar-refractivity contribution in [3.05, 3.63) is 42.6 Å². The SMILES string of the molecule is CC(C)(C)C(=O)N1CCN(C(=O)c2ccc(-n3ccnc3)nc2)CC1. The monoisotopic (exact) mass is 341 g/mol. The summed E-state index contributed by atoms with van der Waals surface area (Å²) in [6.07, 6.45) is 6.73. The van der Waals surface area contributed by atoms with E-state index in [1.165, 1.54) is 0 Å². The molecule has 0 spiro atoms. The molecule has 0 unspecified atom stereocenters. The number of hydrogen-bond acceptors (Lipinski definition) is 4. The van der Waals surface area contributed by atoms with Crippen LogP contribution in [-0.2, 0) is 4.79 Å². The molecule has 0 atom stereocenters. The first-order chi connectivity index (χ1) is 11.9. The highest BCUT2D eigenvalue weighted by molar-refractivity contribution is 5.94. The van der Waals surface area contributed by atoms with Crippen LogP contribution < -0.4 is 0 Å². The highest BCUT2D eigenvalue weighted by atomic mass is 16.2. The van der Waals surface area contributed by atoms with Gasteiger partial charge >= 0.3 is 0 Å². The molecule has 3 rings (SSSR count). The number of hydrogen-bond donors (Lipinski definition) is 0. The molecule has 1 fully saturated rings. The van der Waals surface area contributed by atoms with Crippen LogP contribution in [0, 0.1) is 5.41 Å². The average Bonchev–Trinajstić information content (AvgIpc) is 3.14. The number of carbonyl (C=O) groups excluding carboxylic acids is 2. The largest absolute Gasteiger partial charge is 0.339 e. The predicted molar refractivity (Wildman–Crippen MR) is 93.3 cm³/mol. The Kier molecular flexibility index (Phi) is 4.57. The summed E-state index contributed by atoms with van der Waals surface area (Å²) in [4.78, 5) is 36.9. The van der Waals surface area contributed by atoms with E-state index < -0.39 is 0 Å². The Hall–Kier alpha value is -2.70. The van der Waals surface area contributed by atoms with Gasteiger partial charge in [-0.05, 0) is 12.1 Å². The molecule has 2 aromatic rings. The topological polar surface area (TPSA) is 71.3 Å². The second kappa shape index (κ2) is 6.66. The second-order valence-corrected chi connectivity index (χ2v) is 7.21. The summed E-state index contributed by atoms with van der Waals surface area (Å²) >= 11 is 0. The molecular weight excluding hydrogens is 318 g/mol. The first-order valence-corrected chi connectivity index (χ1v) is 8.39. The molecule has 0 bridgehead atoms. The molecule has 132 valence electrons. The third kappa shape index (κ3) is 3.70. The predicted octanol–water partition coefficient (Wildman–Crippen LogP) is 1.60. The molecule has 3 heterocycles. The fraction of sp³-hybridized carbons (Fsp3) is 0.444. The minimum absolute atomic E-state index is 0.0486. The van der Waals surface area contributed by atoms with Crippen molar-refractivity contribution < 1.29 is 9.59 Å².